The molecule has 0 aliphatic carbocycles. The molecule has 5 nitrogen and oxygen atoms in total. The summed E-state index contributed by atoms with van der Waals surface area (Å²) in [5.74, 6) is 2.67. The van der Waals surface area contributed by atoms with Crippen LogP contribution in [0.1, 0.15) is 45.5 Å². The molecule has 2 N–H and O–H groups in total. The van der Waals surface area contributed by atoms with E-state index in [0.29, 0.717) is 6.54 Å². The summed E-state index contributed by atoms with van der Waals surface area (Å²) in [6, 6.07) is 0. The van der Waals surface area contributed by atoms with Gasteiger partial charge in [0.1, 0.15) is 17.5 Å². The number of ether oxygens (including phenoxy) is 1. The van der Waals surface area contributed by atoms with Crippen LogP contribution in [0.2, 0.25) is 0 Å². The number of nitrogens with zero attached hydrogens (tertiary/aromatic N) is 2. The molecule has 0 fully saturated rings. The molecule has 0 amide bonds. The van der Waals surface area contributed by atoms with Crippen LogP contribution in [0, 0.1) is 6.92 Å². The Morgan fingerprint density at radius 1 is 1.10 bits per heavy atom. The van der Waals surface area contributed by atoms with Crippen LogP contribution in [0.15, 0.2) is 0 Å². The summed E-state index contributed by atoms with van der Waals surface area (Å²) in [5, 5.41) is 6.75. The van der Waals surface area contributed by atoms with Crippen LogP contribution >= 0.6 is 0 Å². The minimum atomic E-state index is -0.221. The van der Waals surface area contributed by atoms with Gasteiger partial charge in [-0.05, 0) is 27.2 Å². The van der Waals surface area contributed by atoms with E-state index in [1.54, 1.807) is 7.11 Å². The van der Waals surface area contributed by atoms with Gasteiger partial charge in [-0.25, -0.2) is 9.97 Å². The van der Waals surface area contributed by atoms with Crippen molar-refractivity contribution in [3.8, 4) is 0 Å². The van der Waals surface area contributed by atoms with Crippen molar-refractivity contribution in [1.29, 1.82) is 0 Å². The fourth-order valence-electron chi connectivity index (χ4n) is 1.68. The molecule has 0 atom stereocenters. The summed E-state index contributed by atoms with van der Waals surface area (Å²) < 4.78 is 5.43. The van der Waals surface area contributed by atoms with Crippen molar-refractivity contribution >= 4 is 11.6 Å². The average molecular weight is 280 g/mol. The number of rotatable bonds is 8. The number of hydrogen-bond acceptors (Lipinski definition) is 5. The zero-order chi connectivity index (χ0) is 15.2. The van der Waals surface area contributed by atoms with Gasteiger partial charge in [0.2, 0.25) is 0 Å². The van der Waals surface area contributed by atoms with E-state index in [2.05, 4.69) is 34.4 Å². The van der Waals surface area contributed by atoms with E-state index in [0.717, 1.165) is 42.4 Å². The molecule has 114 valence electrons. The number of hydrogen-bond donors (Lipinski definition) is 2. The van der Waals surface area contributed by atoms with Gasteiger partial charge in [0, 0.05) is 32.2 Å². The maximum absolute atomic E-state index is 5.43. The van der Waals surface area contributed by atoms with Gasteiger partial charge >= 0.3 is 0 Å². The first kappa shape index (κ1) is 16.7. The molecule has 1 rings (SSSR count). The summed E-state index contributed by atoms with van der Waals surface area (Å²) in [6.45, 7) is 12.0. The lowest BCUT2D eigenvalue weighted by molar-refractivity contribution is 0.0343. The van der Waals surface area contributed by atoms with Gasteiger partial charge in [-0.3, -0.25) is 0 Å². The Morgan fingerprint density at radius 3 is 2.20 bits per heavy atom. The molecule has 1 aromatic heterocycles. The van der Waals surface area contributed by atoms with E-state index in [9.17, 15) is 0 Å². The largest absolute Gasteiger partial charge is 0.377 e. The van der Waals surface area contributed by atoms with Crippen LogP contribution in [0.25, 0.3) is 0 Å². The molecule has 0 aromatic carbocycles. The number of methoxy groups -OCH3 is 1. The standard InChI is InChI=1S/C15H28N4O/c1-7-9-16-13-11(3)14(19-12(8-2)18-13)17-10-15(4,5)20-6/h7-10H2,1-6H3,(H2,16,17,18,19). The molecule has 0 aliphatic rings. The van der Waals surface area contributed by atoms with Crippen molar-refractivity contribution in [3.05, 3.63) is 11.4 Å². The molecule has 0 bridgehead atoms. The van der Waals surface area contributed by atoms with Crippen LogP contribution in [0.4, 0.5) is 11.6 Å². The lowest BCUT2D eigenvalue weighted by Gasteiger charge is -2.24. The van der Waals surface area contributed by atoms with Gasteiger partial charge in [-0.2, -0.15) is 0 Å². The first-order valence-corrected chi connectivity index (χ1v) is 7.34. The number of aromatic nitrogens is 2. The molecule has 0 aliphatic heterocycles. The summed E-state index contributed by atoms with van der Waals surface area (Å²) >= 11 is 0. The fourth-order valence-corrected chi connectivity index (χ4v) is 1.68. The third-order valence-corrected chi connectivity index (χ3v) is 3.28. The minimum absolute atomic E-state index is 0.221. The van der Waals surface area contributed by atoms with Crippen molar-refractivity contribution in [3.63, 3.8) is 0 Å². The minimum Gasteiger partial charge on any atom is -0.377 e. The van der Waals surface area contributed by atoms with E-state index >= 15 is 0 Å². The van der Waals surface area contributed by atoms with Crippen LogP contribution in [0.5, 0.6) is 0 Å². The summed E-state index contributed by atoms with van der Waals surface area (Å²) in [6.07, 6.45) is 1.90. The third kappa shape index (κ3) is 4.63. The predicted octanol–water partition coefficient (Wildman–Crippen LogP) is 3.01. The summed E-state index contributed by atoms with van der Waals surface area (Å²) in [5.41, 5.74) is 0.836. The highest BCUT2D eigenvalue weighted by atomic mass is 16.5. The van der Waals surface area contributed by atoms with Gasteiger partial charge in [-0.1, -0.05) is 13.8 Å². The van der Waals surface area contributed by atoms with Crippen LogP contribution in [0.3, 0.4) is 0 Å². The highest BCUT2D eigenvalue weighted by Crippen LogP contribution is 2.21. The fraction of sp³-hybridized carbons (Fsp3) is 0.733. The second-order valence-corrected chi connectivity index (χ2v) is 5.56. The van der Waals surface area contributed by atoms with Crippen molar-refractivity contribution in [2.24, 2.45) is 0 Å². The normalized spacial score (nSPS) is 11.5. The molecule has 20 heavy (non-hydrogen) atoms. The van der Waals surface area contributed by atoms with Crippen LogP contribution in [-0.2, 0) is 11.2 Å². The molecule has 0 unspecified atom stereocenters. The Kier molecular flexibility index (Phi) is 6.20. The lowest BCUT2D eigenvalue weighted by Crippen LogP contribution is -2.32. The van der Waals surface area contributed by atoms with Crippen LogP contribution in [-0.4, -0.2) is 35.8 Å². The average Bonchev–Trinajstić information content (AvgIpc) is 2.45. The van der Waals surface area contributed by atoms with Gasteiger partial charge in [0.05, 0.1) is 5.60 Å². The number of nitrogens with one attached hydrogen (secondary N) is 2. The number of anilines is 2. The molecule has 0 radical (unpaired) electrons. The smallest absolute Gasteiger partial charge is 0.134 e. The van der Waals surface area contributed by atoms with E-state index in [-0.39, 0.29) is 5.60 Å². The lowest BCUT2D eigenvalue weighted by atomic mass is 10.1. The van der Waals surface area contributed by atoms with E-state index in [1.165, 1.54) is 0 Å². The van der Waals surface area contributed by atoms with E-state index < -0.39 is 0 Å². The first-order chi connectivity index (χ1) is 9.43. The molecule has 1 heterocycles. The maximum atomic E-state index is 5.43. The van der Waals surface area contributed by atoms with Crippen molar-refractivity contribution in [1.82, 2.24) is 9.97 Å². The topological polar surface area (TPSA) is 59.1 Å². The molecule has 0 spiro atoms. The Morgan fingerprint density at radius 2 is 1.70 bits per heavy atom. The van der Waals surface area contributed by atoms with E-state index in [1.807, 2.05) is 20.8 Å². The van der Waals surface area contributed by atoms with Gasteiger partial charge in [0.25, 0.3) is 0 Å². The molecule has 0 saturated carbocycles. The Balaban J connectivity index is 2.93. The zero-order valence-electron chi connectivity index (χ0n) is 13.6. The van der Waals surface area contributed by atoms with Crippen LogP contribution < -0.4 is 10.6 Å². The number of aryl methyl sites for hydroxylation is 1. The molecule has 1 aromatic rings. The molecular weight excluding hydrogens is 252 g/mol. The van der Waals surface area contributed by atoms with E-state index in [4.69, 9.17) is 4.74 Å². The quantitative estimate of drug-likeness (QED) is 0.766. The molecular formula is C15H28N4O. The molecule has 0 saturated heterocycles. The second-order valence-electron chi connectivity index (χ2n) is 5.56. The summed E-state index contributed by atoms with van der Waals surface area (Å²) in [4.78, 5) is 9.14. The third-order valence-electron chi connectivity index (χ3n) is 3.28. The Labute approximate surface area is 122 Å². The maximum Gasteiger partial charge on any atom is 0.134 e. The Bertz CT molecular complexity index is 432. The second kappa shape index (κ2) is 7.43. The highest BCUT2D eigenvalue weighted by molar-refractivity contribution is 5.57. The summed E-state index contributed by atoms with van der Waals surface area (Å²) in [7, 11) is 1.72. The first-order valence-electron chi connectivity index (χ1n) is 7.34. The van der Waals surface area contributed by atoms with Gasteiger partial charge in [-0.15, -0.1) is 0 Å². The Hall–Kier alpha value is -1.36. The van der Waals surface area contributed by atoms with Crippen molar-refractivity contribution in [2.45, 2.75) is 53.1 Å². The predicted molar refractivity (Wildman–Crippen MR) is 84.5 cm³/mol. The monoisotopic (exact) mass is 280 g/mol. The van der Waals surface area contributed by atoms with Crippen molar-refractivity contribution in [2.75, 3.05) is 30.8 Å². The van der Waals surface area contributed by atoms with Crippen molar-refractivity contribution < 1.29 is 4.74 Å². The molecule has 5 heteroatoms. The van der Waals surface area contributed by atoms with Gasteiger partial charge < -0.3 is 15.4 Å². The highest BCUT2D eigenvalue weighted by Gasteiger charge is 2.18. The van der Waals surface area contributed by atoms with Gasteiger partial charge in [0.15, 0.2) is 0 Å². The zero-order valence-corrected chi connectivity index (χ0v) is 13.6. The SMILES string of the molecule is CCCNc1nc(CC)nc(NCC(C)(C)OC)c1C.